The zero-order valence-electron chi connectivity index (χ0n) is 9.59. The predicted octanol–water partition coefficient (Wildman–Crippen LogP) is 5.43. The largest absolute Gasteiger partial charge is 0.294 e. The minimum absolute atomic E-state index is 0.101. The number of Topliss-reactive ketones (excluding diaryl/α,β-unsaturated/α-hetero) is 1. The van der Waals surface area contributed by atoms with Crippen molar-refractivity contribution >= 4 is 49.2 Å². The van der Waals surface area contributed by atoms with Gasteiger partial charge in [0.1, 0.15) is 5.82 Å². The first kappa shape index (κ1) is 14.7. The van der Waals surface area contributed by atoms with Crippen LogP contribution < -0.4 is 0 Å². The van der Waals surface area contributed by atoms with Crippen molar-refractivity contribution in [3.05, 3.63) is 67.3 Å². The second kappa shape index (κ2) is 6.16. The van der Waals surface area contributed by atoms with Gasteiger partial charge in [-0.25, -0.2) is 4.39 Å². The van der Waals surface area contributed by atoms with Crippen LogP contribution in [0.15, 0.2) is 45.3 Å². The number of ketones is 1. The summed E-state index contributed by atoms with van der Waals surface area (Å²) in [6.07, 6.45) is 0.181. The molecule has 0 aliphatic heterocycles. The lowest BCUT2D eigenvalue weighted by Gasteiger charge is -2.05. The molecule has 0 heterocycles. The van der Waals surface area contributed by atoms with Gasteiger partial charge in [0.25, 0.3) is 0 Å². The Morgan fingerprint density at radius 3 is 2.53 bits per heavy atom. The van der Waals surface area contributed by atoms with Crippen LogP contribution in [0.2, 0.25) is 5.02 Å². The molecule has 2 aromatic carbocycles. The number of hydrogen-bond acceptors (Lipinski definition) is 1. The van der Waals surface area contributed by atoms with Gasteiger partial charge in [-0.2, -0.15) is 0 Å². The maximum absolute atomic E-state index is 13.1. The third kappa shape index (κ3) is 3.65. The normalized spacial score (nSPS) is 10.5. The summed E-state index contributed by atoms with van der Waals surface area (Å²) in [5.74, 6) is -0.450. The lowest BCUT2D eigenvalue weighted by atomic mass is 10.0. The third-order valence-electron chi connectivity index (χ3n) is 2.58. The lowest BCUT2D eigenvalue weighted by Crippen LogP contribution is -2.04. The second-order valence-electron chi connectivity index (χ2n) is 3.97. The van der Waals surface area contributed by atoms with E-state index in [9.17, 15) is 9.18 Å². The van der Waals surface area contributed by atoms with E-state index in [1.807, 2.05) is 0 Å². The average molecular weight is 406 g/mol. The number of rotatable bonds is 3. The number of carbonyl (C=O) groups excluding carboxylic acids is 1. The van der Waals surface area contributed by atoms with Gasteiger partial charge in [-0.15, -0.1) is 0 Å². The standard InChI is InChI=1S/C14H8Br2ClFO/c15-9-2-3-10(12(17)7-9)14(19)6-8-1-4-13(18)11(16)5-8/h1-5,7H,6H2. The molecule has 2 aromatic rings. The summed E-state index contributed by atoms with van der Waals surface area (Å²) in [4.78, 5) is 12.1. The number of halogens is 4. The van der Waals surface area contributed by atoms with Crippen molar-refractivity contribution in [3.8, 4) is 0 Å². The molecule has 98 valence electrons. The molecule has 0 aliphatic carbocycles. The van der Waals surface area contributed by atoms with E-state index in [2.05, 4.69) is 31.9 Å². The molecule has 2 rings (SSSR count). The number of carbonyl (C=O) groups is 1. The number of hydrogen-bond donors (Lipinski definition) is 0. The summed E-state index contributed by atoms with van der Waals surface area (Å²) >= 11 is 12.4. The first-order chi connectivity index (χ1) is 8.97. The van der Waals surface area contributed by atoms with Crippen molar-refractivity contribution in [1.82, 2.24) is 0 Å². The van der Waals surface area contributed by atoms with Crippen LogP contribution in [0.1, 0.15) is 15.9 Å². The Balaban J connectivity index is 2.23. The zero-order valence-corrected chi connectivity index (χ0v) is 13.5. The van der Waals surface area contributed by atoms with Gasteiger partial charge < -0.3 is 0 Å². The van der Waals surface area contributed by atoms with E-state index >= 15 is 0 Å². The van der Waals surface area contributed by atoms with Crippen LogP contribution in [0.5, 0.6) is 0 Å². The maximum Gasteiger partial charge on any atom is 0.168 e. The van der Waals surface area contributed by atoms with Crippen molar-refractivity contribution in [2.24, 2.45) is 0 Å². The van der Waals surface area contributed by atoms with E-state index in [1.54, 1.807) is 30.3 Å². The minimum Gasteiger partial charge on any atom is -0.294 e. The smallest absolute Gasteiger partial charge is 0.168 e. The zero-order chi connectivity index (χ0) is 14.0. The summed E-state index contributed by atoms with van der Waals surface area (Å²) in [5, 5.41) is 0.403. The molecule has 0 radical (unpaired) electrons. The van der Waals surface area contributed by atoms with Gasteiger partial charge in [-0.05, 0) is 51.8 Å². The molecule has 0 bridgehead atoms. The quantitative estimate of drug-likeness (QED) is 0.621. The summed E-state index contributed by atoms with van der Waals surface area (Å²) in [7, 11) is 0. The Morgan fingerprint density at radius 2 is 1.89 bits per heavy atom. The highest BCUT2D eigenvalue weighted by atomic mass is 79.9. The minimum atomic E-state index is -0.349. The van der Waals surface area contributed by atoms with Crippen LogP contribution in [0.4, 0.5) is 4.39 Å². The monoisotopic (exact) mass is 404 g/mol. The van der Waals surface area contributed by atoms with Gasteiger partial charge in [0, 0.05) is 16.5 Å². The van der Waals surface area contributed by atoms with Gasteiger partial charge >= 0.3 is 0 Å². The fraction of sp³-hybridized carbons (Fsp3) is 0.0714. The highest BCUT2D eigenvalue weighted by Gasteiger charge is 2.12. The Bertz CT molecular complexity index is 643. The van der Waals surface area contributed by atoms with Gasteiger partial charge in [0.15, 0.2) is 5.78 Å². The van der Waals surface area contributed by atoms with Crippen LogP contribution in [0.25, 0.3) is 0 Å². The van der Waals surface area contributed by atoms with Crippen molar-refractivity contribution in [3.63, 3.8) is 0 Å². The molecule has 0 fully saturated rings. The van der Waals surface area contributed by atoms with Gasteiger partial charge in [0.2, 0.25) is 0 Å². The maximum atomic E-state index is 13.1. The van der Waals surface area contributed by atoms with E-state index in [0.717, 1.165) is 10.0 Å². The first-order valence-corrected chi connectivity index (χ1v) is 7.36. The van der Waals surface area contributed by atoms with Crippen LogP contribution >= 0.6 is 43.5 Å². The Kier molecular flexibility index (Phi) is 4.76. The van der Waals surface area contributed by atoms with Crippen LogP contribution in [-0.2, 0) is 6.42 Å². The topological polar surface area (TPSA) is 17.1 Å². The first-order valence-electron chi connectivity index (χ1n) is 5.39. The molecule has 0 amide bonds. The fourth-order valence-electron chi connectivity index (χ4n) is 1.65. The van der Waals surface area contributed by atoms with E-state index < -0.39 is 0 Å². The van der Waals surface area contributed by atoms with E-state index in [0.29, 0.717) is 15.1 Å². The molecule has 0 atom stereocenters. The summed E-state index contributed by atoms with van der Waals surface area (Å²) in [6.45, 7) is 0. The second-order valence-corrected chi connectivity index (χ2v) is 6.15. The highest BCUT2D eigenvalue weighted by Crippen LogP contribution is 2.24. The molecule has 0 unspecified atom stereocenters. The molecule has 5 heteroatoms. The van der Waals surface area contributed by atoms with Crippen LogP contribution in [0.3, 0.4) is 0 Å². The molecule has 0 saturated heterocycles. The van der Waals surface area contributed by atoms with Crippen molar-refractivity contribution in [2.45, 2.75) is 6.42 Å². The molecule has 0 aromatic heterocycles. The van der Waals surface area contributed by atoms with Crippen LogP contribution in [-0.4, -0.2) is 5.78 Å². The van der Waals surface area contributed by atoms with E-state index in [1.165, 1.54) is 6.07 Å². The lowest BCUT2D eigenvalue weighted by molar-refractivity contribution is 0.0993. The predicted molar refractivity (Wildman–Crippen MR) is 81.3 cm³/mol. The molecule has 0 aliphatic rings. The van der Waals surface area contributed by atoms with E-state index in [4.69, 9.17) is 11.6 Å². The van der Waals surface area contributed by atoms with Gasteiger partial charge in [-0.1, -0.05) is 33.6 Å². The SMILES string of the molecule is O=C(Cc1ccc(F)c(Br)c1)c1ccc(Br)cc1Cl. The summed E-state index contributed by atoms with van der Waals surface area (Å²) in [6, 6.07) is 9.63. The molecule has 0 saturated carbocycles. The summed E-state index contributed by atoms with van der Waals surface area (Å²) in [5.41, 5.74) is 1.20. The summed E-state index contributed by atoms with van der Waals surface area (Å²) < 4.78 is 14.3. The van der Waals surface area contributed by atoms with Crippen molar-refractivity contribution < 1.29 is 9.18 Å². The van der Waals surface area contributed by atoms with Crippen LogP contribution in [0, 0.1) is 5.82 Å². The Hall–Kier alpha value is -0.710. The highest BCUT2D eigenvalue weighted by molar-refractivity contribution is 9.10. The molecule has 0 spiro atoms. The van der Waals surface area contributed by atoms with Crippen molar-refractivity contribution in [1.29, 1.82) is 0 Å². The van der Waals surface area contributed by atoms with E-state index in [-0.39, 0.29) is 18.0 Å². The average Bonchev–Trinajstić information content (AvgIpc) is 2.33. The molecular formula is C14H8Br2ClFO. The number of benzene rings is 2. The molecular weight excluding hydrogens is 398 g/mol. The molecule has 0 N–H and O–H groups in total. The molecule has 19 heavy (non-hydrogen) atoms. The van der Waals surface area contributed by atoms with Gasteiger partial charge in [-0.3, -0.25) is 4.79 Å². The third-order valence-corrected chi connectivity index (χ3v) is 3.99. The van der Waals surface area contributed by atoms with Crippen molar-refractivity contribution in [2.75, 3.05) is 0 Å². The van der Waals surface area contributed by atoms with Gasteiger partial charge in [0.05, 0.1) is 9.50 Å². The Labute approximate surface area is 132 Å². The fourth-order valence-corrected chi connectivity index (χ4v) is 2.85. The Morgan fingerprint density at radius 1 is 1.16 bits per heavy atom. The molecule has 1 nitrogen and oxygen atoms in total.